The summed E-state index contributed by atoms with van der Waals surface area (Å²) in [6.07, 6.45) is 0. The van der Waals surface area contributed by atoms with Gasteiger partial charge in [0.2, 0.25) is 5.88 Å². The molecule has 1 aromatic carbocycles. The van der Waals surface area contributed by atoms with Crippen LogP contribution in [0.3, 0.4) is 0 Å². The van der Waals surface area contributed by atoms with Gasteiger partial charge < -0.3 is 10.3 Å². The minimum Gasteiger partial charge on any atom is -0.396 e. The second kappa shape index (κ2) is 4.25. The number of nitrogens with zero attached hydrogens (tertiary/aromatic N) is 1. The Morgan fingerprint density at radius 2 is 2.29 bits per heavy atom. The van der Waals surface area contributed by atoms with Crippen LogP contribution in [0, 0.1) is 12.7 Å². The van der Waals surface area contributed by atoms with Gasteiger partial charge in [0, 0.05) is 6.07 Å². The maximum Gasteiger partial charge on any atom is 0.260 e. The van der Waals surface area contributed by atoms with Crippen LogP contribution in [-0.2, 0) is 0 Å². The molecule has 5 nitrogen and oxygen atoms in total. The van der Waals surface area contributed by atoms with E-state index >= 15 is 0 Å². The number of hydrogen-bond donors (Lipinski definition) is 2. The molecular formula is C11H10FN3O2. The number of benzene rings is 1. The largest absolute Gasteiger partial charge is 0.396 e. The molecule has 3 N–H and O–H groups in total. The Hall–Kier alpha value is -2.37. The van der Waals surface area contributed by atoms with Crippen LogP contribution < -0.4 is 11.1 Å². The summed E-state index contributed by atoms with van der Waals surface area (Å²) in [6.45, 7) is 1.72. The predicted octanol–water partition coefficient (Wildman–Crippen LogP) is 1.96. The summed E-state index contributed by atoms with van der Waals surface area (Å²) < 4.78 is 18.0. The number of hydrogen-bond acceptors (Lipinski definition) is 4. The summed E-state index contributed by atoms with van der Waals surface area (Å²) in [5, 5.41) is 6.04. The van der Waals surface area contributed by atoms with Crippen molar-refractivity contribution in [1.82, 2.24) is 5.16 Å². The number of para-hydroxylation sites is 1. The van der Waals surface area contributed by atoms with Gasteiger partial charge in [-0.25, -0.2) is 4.39 Å². The third kappa shape index (κ3) is 2.25. The standard InChI is InChI=1S/C11H10FN3O2/c1-6-5-9(17-15-6)14-11(16)7-3-2-4-8(12)10(7)13/h2-5H,13H2,1H3,(H,14,16). The lowest BCUT2D eigenvalue weighted by molar-refractivity contribution is 0.102. The van der Waals surface area contributed by atoms with Crippen LogP contribution in [0.1, 0.15) is 16.1 Å². The van der Waals surface area contributed by atoms with Gasteiger partial charge >= 0.3 is 0 Å². The average molecular weight is 235 g/mol. The lowest BCUT2D eigenvalue weighted by Gasteiger charge is -2.05. The predicted molar refractivity (Wildman–Crippen MR) is 60.0 cm³/mol. The number of carbonyl (C=O) groups is 1. The van der Waals surface area contributed by atoms with Crippen LogP contribution >= 0.6 is 0 Å². The number of halogens is 1. The van der Waals surface area contributed by atoms with Crippen molar-refractivity contribution in [3.05, 3.63) is 41.3 Å². The van der Waals surface area contributed by atoms with Crippen molar-refractivity contribution >= 4 is 17.5 Å². The van der Waals surface area contributed by atoms with Gasteiger partial charge in [0.25, 0.3) is 5.91 Å². The van der Waals surface area contributed by atoms with Crippen LogP contribution in [0.4, 0.5) is 16.0 Å². The molecule has 0 aliphatic carbocycles. The number of rotatable bonds is 2. The van der Waals surface area contributed by atoms with Crippen molar-refractivity contribution in [2.45, 2.75) is 6.92 Å². The molecule has 0 aliphatic heterocycles. The molecular weight excluding hydrogens is 225 g/mol. The molecule has 0 saturated carbocycles. The van der Waals surface area contributed by atoms with E-state index in [1.165, 1.54) is 18.2 Å². The molecule has 0 unspecified atom stereocenters. The second-order valence-electron chi connectivity index (χ2n) is 3.49. The normalized spacial score (nSPS) is 10.2. The fourth-order valence-electron chi connectivity index (χ4n) is 1.34. The highest BCUT2D eigenvalue weighted by molar-refractivity contribution is 6.07. The molecule has 0 atom stereocenters. The van der Waals surface area contributed by atoms with Gasteiger partial charge in [-0.1, -0.05) is 11.2 Å². The Morgan fingerprint density at radius 1 is 1.53 bits per heavy atom. The van der Waals surface area contributed by atoms with E-state index in [-0.39, 0.29) is 17.1 Å². The van der Waals surface area contributed by atoms with Gasteiger partial charge in [-0.15, -0.1) is 0 Å². The van der Waals surface area contributed by atoms with E-state index in [4.69, 9.17) is 10.3 Å². The summed E-state index contributed by atoms with van der Waals surface area (Å²) in [4.78, 5) is 11.8. The van der Waals surface area contributed by atoms with Crippen molar-refractivity contribution in [3.63, 3.8) is 0 Å². The number of aryl methyl sites for hydroxylation is 1. The first-order valence-corrected chi connectivity index (χ1v) is 4.86. The third-order valence-corrected chi connectivity index (χ3v) is 2.16. The van der Waals surface area contributed by atoms with Gasteiger partial charge in [0.05, 0.1) is 16.9 Å². The smallest absolute Gasteiger partial charge is 0.260 e. The van der Waals surface area contributed by atoms with Gasteiger partial charge in [-0.05, 0) is 19.1 Å². The summed E-state index contributed by atoms with van der Waals surface area (Å²) in [5.74, 6) is -0.985. The SMILES string of the molecule is Cc1cc(NC(=O)c2cccc(F)c2N)on1. The van der Waals surface area contributed by atoms with Crippen molar-refractivity contribution < 1.29 is 13.7 Å². The number of nitrogens with two attached hydrogens (primary N) is 1. The van der Waals surface area contributed by atoms with Crippen LogP contribution in [0.2, 0.25) is 0 Å². The highest BCUT2D eigenvalue weighted by Crippen LogP contribution is 2.18. The molecule has 0 bridgehead atoms. The van der Waals surface area contributed by atoms with E-state index in [0.29, 0.717) is 5.69 Å². The average Bonchev–Trinajstić information content (AvgIpc) is 2.68. The maximum atomic E-state index is 13.1. The summed E-state index contributed by atoms with van der Waals surface area (Å²) in [7, 11) is 0. The second-order valence-corrected chi connectivity index (χ2v) is 3.49. The van der Waals surface area contributed by atoms with Crippen molar-refractivity contribution in [1.29, 1.82) is 0 Å². The van der Waals surface area contributed by atoms with Gasteiger partial charge in [0.15, 0.2) is 0 Å². The van der Waals surface area contributed by atoms with Gasteiger partial charge in [-0.2, -0.15) is 0 Å². The van der Waals surface area contributed by atoms with E-state index in [2.05, 4.69) is 10.5 Å². The minimum absolute atomic E-state index is 0.0547. The van der Waals surface area contributed by atoms with Crippen molar-refractivity contribution in [2.75, 3.05) is 11.1 Å². The first-order valence-electron chi connectivity index (χ1n) is 4.86. The molecule has 0 aliphatic rings. The lowest BCUT2D eigenvalue weighted by atomic mass is 10.1. The Kier molecular flexibility index (Phi) is 2.78. The Labute approximate surface area is 96.4 Å². The number of anilines is 2. The molecule has 0 saturated heterocycles. The molecule has 17 heavy (non-hydrogen) atoms. The molecule has 1 aromatic heterocycles. The molecule has 2 aromatic rings. The van der Waals surface area contributed by atoms with Crippen LogP contribution in [-0.4, -0.2) is 11.1 Å². The molecule has 6 heteroatoms. The summed E-state index contributed by atoms with van der Waals surface area (Å²) in [6, 6.07) is 5.57. The third-order valence-electron chi connectivity index (χ3n) is 2.16. The Balaban J connectivity index is 2.23. The molecule has 0 fully saturated rings. The van der Waals surface area contributed by atoms with Crippen LogP contribution in [0.5, 0.6) is 0 Å². The first kappa shape index (κ1) is 11.1. The quantitative estimate of drug-likeness (QED) is 0.779. The molecule has 1 amide bonds. The molecule has 0 spiro atoms. The summed E-state index contributed by atoms with van der Waals surface area (Å²) in [5.41, 5.74) is 5.95. The van der Waals surface area contributed by atoms with Crippen molar-refractivity contribution in [3.8, 4) is 0 Å². The molecule has 88 valence electrons. The Morgan fingerprint density at radius 3 is 2.94 bits per heavy atom. The van der Waals surface area contributed by atoms with E-state index in [1.807, 2.05) is 0 Å². The highest BCUT2D eigenvalue weighted by atomic mass is 19.1. The van der Waals surface area contributed by atoms with E-state index < -0.39 is 11.7 Å². The zero-order chi connectivity index (χ0) is 12.4. The molecule has 2 rings (SSSR count). The number of nitrogen functional groups attached to an aromatic ring is 1. The number of aromatic nitrogens is 1. The number of amides is 1. The Bertz CT molecular complexity index is 566. The molecule has 0 radical (unpaired) electrons. The van der Waals surface area contributed by atoms with Crippen LogP contribution in [0.25, 0.3) is 0 Å². The first-order chi connectivity index (χ1) is 8.08. The topological polar surface area (TPSA) is 81.2 Å². The number of nitrogens with one attached hydrogen (secondary N) is 1. The van der Waals surface area contributed by atoms with E-state index in [1.54, 1.807) is 13.0 Å². The van der Waals surface area contributed by atoms with E-state index in [0.717, 1.165) is 0 Å². The van der Waals surface area contributed by atoms with Gasteiger partial charge in [0.1, 0.15) is 5.82 Å². The fourth-order valence-corrected chi connectivity index (χ4v) is 1.34. The highest BCUT2D eigenvalue weighted by Gasteiger charge is 2.14. The minimum atomic E-state index is -0.633. The van der Waals surface area contributed by atoms with Gasteiger partial charge in [-0.3, -0.25) is 10.1 Å². The van der Waals surface area contributed by atoms with Crippen molar-refractivity contribution in [2.24, 2.45) is 0 Å². The lowest BCUT2D eigenvalue weighted by Crippen LogP contribution is -2.14. The zero-order valence-electron chi connectivity index (χ0n) is 9.03. The fraction of sp³-hybridized carbons (Fsp3) is 0.0909. The molecule has 1 heterocycles. The van der Waals surface area contributed by atoms with Crippen LogP contribution in [0.15, 0.2) is 28.8 Å². The summed E-state index contributed by atoms with van der Waals surface area (Å²) >= 11 is 0. The zero-order valence-corrected chi connectivity index (χ0v) is 9.03. The van der Waals surface area contributed by atoms with E-state index in [9.17, 15) is 9.18 Å². The maximum absolute atomic E-state index is 13.1. The monoisotopic (exact) mass is 235 g/mol. The number of carbonyl (C=O) groups excluding carboxylic acids is 1.